The molecule has 1 heterocycles. The van der Waals surface area contributed by atoms with E-state index in [4.69, 9.17) is 0 Å². The molecule has 0 saturated carbocycles. The highest BCUT2D eigenvalue weighted by molar-refractivity contribution is 5.94. The number of hydrogen-bond donors (Lipinski definition) is 2. The summed E-state index contributed by atoms with van der Waals surface area (Å²) >= 11 is 0. The van der Waals surface area contributed by atoms with Gasteiger partial charge in [0.1, 0.15) is 0 Å². The molecular weight excluding hydrogens is 462 g/mol. The highest BCUT2D eigenvalue weighted by Gasteiger charge is 2.25. The van der Waals surface area contributed by atoms with Crippen LogP contribution >= 0.6 is 0 Å². The van der Waals surface area contributed by atoms with Gasteiger partial charge < -0.3 is 10.6 Å². The van der Waals surface area contributed by atoms with E-state index in [9.17, 15) is 0 Å². The zero-order valence-electron chi connectivity index (χ0n) is 25.7. The molecule has 2 N–H and O–H groups in total. The van der Waals surface area contributed by atoms with Gasteiger partial charge in [-0.3, -0.25) is 4.90 Å². The van der Waals surface area contributed by atoms with Gasteiger partial charge in [-0.15, -0.1) is 0 Å². The van der Waals surface area contributed by atoms with Crippen molar-refractivity contribution in [2.24, 2.45) is 5.92 Å². The van der Waals surface area contributed by atoms with Crippen molar-refractivity contribution in [2.45, 2.75) is 105 Å². The van der Waals surface area contributed by atoms with Crippen LogP contribution in [-0.2, 0) is 6.42 Å². The molecule has 1 aliphatic rings. The van der Waals surface area contributed by atoms with E-state index in [0.29, 0.717) is 12.0 Å². The SMILES string of the molecule is C=C(NC(C)(C)C)C1=C(CC(C)CCc2ccc3ccccc3c2C(=C)NC(C)(C)C)CCN(C(C)C)C1. The minimum Gasteiger partial charge on any atom is -0.381 e. The van der Waals surface area contributed by atoms with Crippen LogP contribution in [0, 0.1) is 5.92 Å². The van der Waals surface area contributed by atoms with Crippen molar-refractivity contribution < 1.29 is 0 Å². The van der Waals surface area contributed by atoms with E-state index < -0.39 is 0 Å². The maximum atomic E-state index is 4.49. The molecule has 1 unspecified atom stereocenters. The fraction of sp³-hybridized carbons (Fsp3) is 0.543. The summed E-state index contributed by atoms with van der Waals surface area (Å²) in [6.07, 6.45) is 4.47. The van der Waals surface area contributed by atoms with E-state index in [1.807, 2.05) is 0 Å². The topological polar surface area (TPSA) is 27.3 Å². The van der Waals surface area contributed by atoms with E-state index in [1.165, 1.54) is 27.5 Å². The lowest BCUT2D eigenvalue weighted by Crippen LogP contribution is -2.41. The molecule has 208 valence electrons. The monoisotopic (exact) mass is 515 g/mol. The normalized spacial score (nSPS) is 16.2. The molecule has 0 bridgehead atoms. The smallest absolute Gasteiger partial charge is 0.0353 e. The zero-order valence-corrected chi connectivity index (χ0v) is 25.7. The molecule has 2 aromatic rings. The Kier molecular flexibility index (Phi) is 9.57. The Morgan fingerprint density at radius 1 is 0.895 bits per heavy atom. The third-order valence-corrected chi connectivity index (χ3v) is 7.45. The van der Waals surface area contributed by atoms with Crippen LogP contribution in [0.25, 0.3) is 16.5 Å². The number of nitrogens with zero attached hydrogens (tertiary/aromatic N) is 1. The van der Waals surface area contributed by atoms with Gasteiger partial charge in [0, 0.05) is 47.2 Å². The Morgan fingerprint density at radius 2 is 1.53 bits per heavy atom. The fourth-order valence-corrected chi connectivity index (χ4v) is 5.65. The van der Waals surface area contributed by atoms with E-state index in [2.05, 4.69) is 127 Å². The highest BCUT2D eigenvalue weighted by atomic mass is 15.2. The first-order valence-electron chi connectivity index (χ1n) is 14.5. The molecule has 0 aliphatic carbocycles. The second-order valence-electron chi connectivity index (χ2n) is 13.8. The predicted octanol–water partition coefficient (Wildman–Crippen LogP) is 8.47. The summed E-state index contributed by atoms with van der Waals surface area (Å²) in [6.45, 7) is 31.4. The van der Waals surface area contributed by atoms with Crippen molar-refractivity contribution in [3.63, 3.8) is 0 Å². The molecule has 0 saturated heterocycles. The standard InChI is InChI=1S/C35H53N3/c1-24(2)38-21-20-30(32(23-38)26(4)36-34(6,7)8)22-25(3)16-17-29-19-18-28-14-12-13-15-31(28)33(29)27(5)37-35(9,10)11/h12-15,18-19,24-25,36-37H,4-5,16-17,20-23H2,1-3,6-11H3. The lowest BCUT2D eigenvalue weighted by molar-refractivity contribution is 0.228. The Balaban J connectivity index is 1.82. The van der Waals surface area contributed by atoms with Gasteiger partial charge in [-0.1, -0.05) is 62.1 Å². The fourth-order valence-electron chi connectivity index (χ4n) is 5.65. The number of aryl methyl sites for hydroxylation is 1. The van der Waals surface area contributed by atoms with E-state index in [1.54, 1.807) is 5.57 Å². The molecule has 0 amide bonds. The van der Waals surface area contributed by atoms with E-state index in [0.717, 1.165) is 50.2 Å². The van der Waals surface area contributed by atoms with Crippen LogP contribution in [0.3, 0.4) is 0 Å². The summed E-state index contributed by atoms with van der Waals surface area (Å²) in [5.41, 5.74) is 7.79. The van der Waals surface area contributed by atoms with Gasteiger partial charge in [-0.05, 0) is 109 Å². The Hall–Kier alpha value is -2.52. The largest absolute Gasteiger partial charge is 0.381 e. The molecule has 3 nitrogen and oxygen atoms in total. The third-order valence-electron chi connectivity index (χ3n) is 7.45. The van der Waals surface area contributed by atoms with E-state index >= 15 is 0 Å². The number of hydrogen-bond acceptors (Lipinski definition) is 3. The van der Waals surface area contributed by atoms with Crippen LogP contribution in [0.5, 0.6) is 0 Å². The van der Waals surface area contributed by atoms with Crippen LogP contribution in [0.2, 0.25) is 0 Å². The second-order valence-corrected chi connectivity index (χ2v) is 13.8. The van der Waals surface area contributed by atoms with Crippen LogP contribution < -0.4 is 10.6 Å². The van der Waals surface area contributed by atoms with Crippen LogP contribution in [0.1, 0.15) is 92.7 Å². The van der Waals surface area contributed by atoms with Gasteiger partial charge in [-0.25, -0.2) is 0 Å². The Morgan fingerprint density at radius 3 is 2.16 bits per heavy atom. The molecule has 0 spiro atoms. The summed E-state index contributed by atoms with van der Waals surface area (Å²) < 4.78 is 0. The molecular formula is C35H53N3. The molecule has 3 heteroatoms. The van der Waals surface area contributed by atoms with Crippen molar-refractivity contribution >= 4 is 16.5 Å². The second kappa shape index (κ2) is 12.1. The molecule has 0 radical (unpaired) electrons. The summed E-state index contributed by atoms with van der Waals surface area (Å²) in [4.78, 5) is 2.58. The molecule has 2 aromatic carbocycles. The maximum Gasteiger partial charge on any atom is 0.0353 e. The minimum atomic E-state index is -0.0319. The van der Waals surface area contributed by atoms with Gasteiger partial charge in [-0.2, -0.15) is 0 Å². The molecule has 1 aliphatic heterocycles. The van der Waals surface area contributed by atoms with Crippen molar-refractivity contribution in [2.75, 3.05) is 13.1 Å². The summed E-state index contributed by atoms with van der Waals surface area (Å²) in [6, 6.07) is 13.8. The van der Waals surface area contributed by atoms with Crippen molar-refractivity contribution in [1.82, 2.24) is 15.5 Å². The van der Waals surface area contributed by atoms with Crippen LogP contribution in [-0.4, -0.2) is 35.1 Å². The van der Waals surface area contributed by atoms with Crippen molar-refractivity contribution in [3.05, 3.63) is 77.5 Å². The molecule has 1 atom stereocenters. The summed E-state index contributed by atoms with van der Waals surface area (Å²) in [5, 5.41) is 9.88. The molecule has 38 heavy (non-hydrogen) atoms. The van der Waals surface area contributed by atoms with Crippen molar-refractivity contribution in [1.29, 1.82) is 0 Å². The molecule has 0 aromatic heterocycles. The predicted molar refractivity (Wildman–Crippen MR) is 168 cm³/mol. The number of fused-ring (bicyclic) bond motifs is 1. The number of rotatable bonds is 10. The maximum absolute atomic E-state index is 4.49. The average molecular weight is 516 g/mol. The number of benzene rings is 2. The van der Waals surface area contributed by atoms with Crippen molar-refractivity contribution in [3.8, 4) is 0 Å². The first kappa shape index (κ1) is 30.0. The Bertz CT molecular complexity index is 1170. The highest BCUT2D eigenvalue weighted by Crippen LogP contribution is 2.33. The van der Waals surface area contributed by atoms with Gasteiger partial charge in [0.2, 0.25) is 0 Å². The van der Waals surface area contributed by atoms with Gasteiger partial charge in [0.05, 0.1) is 0 Å². The average Bonchev–Trinajstić information content (AvgIpc) is 2.80. The molecule has 3 rings (SSSR count). The zero-order chi connectivity index (χ0) is 28.3. The first-order valence-corrected chi connectivity index (χ1v) is 14.5. The summed E-state index contributed by atoms with van der Waals surface area (Å²) in [7, 11) is 0. The number of nitrogens with one attached hydrogen (secondary N) is 2. The van der Waals surface area contributed by atoms with Gasteiger partial charge in [0.15, 0.2) is 0 Å². The summed E-state index contributed by atoms with van der Waals surface area (Å²) in [5.74, 6) is 0.594. The van der Waals surface area contributed by atoms with Crippen LogP contribution in [0.4, 0.5) is 0 Å². The molecule has 0 fully saturated rings. The van der Waals surface area contributed by atoms with Crippen LogP contribution in [0.15, 0.2) is 66.4 Å². The lowest BCUT2D eigenvalue weighted by Gasteiger charge is -2.37. The lowest BCUT2D eigenvalue weighted by atomic mass is 9.86. The van der Waals surface area contributed by atoms with Gasteiger partial charge >= 0.3 is 0 Å². The van der Waals surface area contributed by atoms with Gasteiger partial charge in [0.25, 0.3) is 0 Å². The third kappa shape index (κ3) is 8.24. The minimum absolute atomic E-state index is 0.0108. The first-order chi connectivity index (χ1) is 17.6. The Labute approximate surface area is 233 Å². The quantitative estimate of drug-likeness (QED) is 0.332. The van der Waals surface area contributed by atoms with E-state index in [-0.39, 0.29) is 11.1 Å².